The standard InChI is InChI=1S/C18H12F3N3/c19-18(20,21)13-7-4-8-14(9-13)24-11-16(15(10-22)17(24)23)12-5-2-1-3-6-12/h1-9,11H,23H2. The Morgan fingerprint density at radius 1 is 1.00 bits per heavy atom. The van der Waals surface area contributed by atoms with E-state index in [9.17, 15) is 18.4 Å². The van der Waals surface area contributed by atoms with Gasteiger partial charge < -0.3 is 10.3 Å². The van der Waals surface area contributed by atoms with E-state index in [1.54, 1.807) is 6.20 Å². The van der Waals surface area contributed by atoms with E-state index < -0.39 is 11.7 Å². The first kappa shape index (κ1) is 15.7. The van der Waals surface area contributed by atoms with Crippen LogP contribution in [-0.4, -0.2) is 4.57 Å². The van der Waals surface area contributed by atoms with E-state index in [-0.39, 0.29) is 17.1 Å². The lowest BCUT2D eigenvalue weighted by Gasteiger charge is -2.10. The van der Waals surface area contributed by atoms with Gasteiger partial charge in [0.1, 0.15) is 17.5 Å². The normalized spacial score (nSPS) is 11.2. The van der Waals surface area contributed by atoms with Crippen molar-refractivity contribution in [2.75, 3.05) is 5.73 Å². The molecule has 0 fully saturated rings. The summed E-state index contributed by atoms with van der Waals surface area (Å²) in [5.74, 6) is 0.107. The third kappa shape index (κ3) is 2.72. The summed E-state index contributed by atoms with van der Waals surface area (Å²) in [6.07, 6.45) is -2.86. The maximum atomic E-state index is 12.9. The number of nitrogens with zero attached hydrogens (tertiary/aromatic N) is 2. The molecule has 2 aromatic carbocycles. The largest absolute Gasteiger partial charge is 0.416 e. The van der Waals surface area contributed by atoms with Gasteiger partial charge in [0.2, 0.25) is 0 Å². The predicted molar refractivity (Wildman–Crippen MR) is 85.3 cm³/mol. The van der Waals surface area contributed by atoms with Gasteiger partial charge in [-0.05, 0) is 23.8 Å². The number of hydrogen-bond donors (Lipinski definition) is 1. The average molecular weight is 327 g/mol. The van der Waals surface area contributed by atoms with Crippen LogP contribution in [0.25, 0.3) is 16.8 Å². The molecule has 0 amide bonds. The molecular weight excluding hydrogens is 315 g/mol. The number of rotatable bonds is 2. The molecule has 24 heavy (non-hydrogen) atoms. The maximum Gasteiger partial charge on any atom is 0.416 e. The van der Waals surface area contributed by atoms with Crippen molar-refractivity contribution in [3.8, 4) is 22.9 Å². The molecule has 2 N–H and O–H groups in total. The quantitative estimate of drug-likeness (QED) is 0.747. The lowest BCUT2D eigenvalue weighted by atomic mass is 10.1. The van der Waals surface area contributed by atoms with Crippen molar-refractivity contribution in [2.45, 2.75) is 6.18 Å². The summed E-state index contributed by atoms with van der Waals surface area (Å²) in [7, 11) is 0. The van der Waals surface area contributed by atoms with Crippen molar-refractivity contribution in [2.24, 2.45) is 0 Å². The van der Waals surface area contributed by atoms with Gasteiger partial charge in [0.25, 0.3) is 0 Å². The van der Waals surface area contributed by atoms with Crippen LogP contribution in [0, 0.1) is 11.3 Å². The van der Waals surface area contributed by atoms with Crippen LogP contribution in [0.3, 0.4) is 0 Å². The first-order chi connectivity index (χ1) is 11.4. The summed E-state index contributed by atoms with van der Waals surface area (Å²) < 4.78 is 40.1. The SMILES string of the molecule is N#Cc1c(-c2ccccc2)cn(-c2cccc(C(F)(F)F)c2)c1N. The minimum absolute atomic E-state index is 0.107. The number of halogens is 3. The van der Waals surface area contributed by atoms with Gasteiger partial charge in [0, 0.05) is 17.4 Å². The fraction of sp³-hybridized carbons (Fsp3) is 0.0556. The summed E-state index contributed by atoms with van der Waals surface area (Å²) in [5, 5.41) is 9.38. The number of benzene rings is 2. The second-order valence-corrected chi connectivity index (χ2v) is 5.20. The molecule has 0 bridgehead atoms. The van der Waals surface area contributed by atoms with E-state index in [1.165, 1.54) is 16.7 Å². The zero-order valence-electron chi connectivity index (χ0n) is 12.4. The molecule has 120 valence electrons. The molecule has 1 aromatic heterocycles. The van der Waals surface area contributed by atoms with Crippen molar-refractivity contribution in [1.29, 1.82) is 5.26 Å². The molecule has 0 spiro atoms. The topological polar surface area (TPSA) is 54.7 Å². The predicted octanol–water partition coefficient (Wildman–Crippen LogP) is 4.62. The molecule has 3 aromatic rings. The highest BCUT2D eigenvalue weighted by atomic mass is 19.4. The van der Waals surface area contributed by atoms with Crippen molar-refractivity contribution in [3.05, 3.63) is 71.9 Å². The smallest absolute Gasteiger partial charge is 0.384 e. The van der Waals surface area contributed by atoms with Crippen LogP contribution in [0.5, 0.6) is 0 Å². The minimum Gasteiger partial charge on any atom is -0.384 e. The zero-order valence-corrected chi connectivity index (χ0v) is 12.4. The van der Waals surface area contributed by atoms with Crippen LogP contribution in [0.1, 0.15) is 11.1 Å². The van der Waals surface area contributed by atoms with Gasteiger partial charge in [-0.25, -0.2) is 0 Å². The Labute approximate surface area is 136 Å². The molecule has 0 unspecified atom stereocenters. The number of nitrogen functional groups attached to an aromatic ring is 1. The summed E-state index contributed by atoms with van der Waals surface area (Å²) in [6, 6.07) is 15.9. The van der Waals surface area contributed by atoms with Crippen molar-refractivity contribution >= 4 is 5.82 Å². The summed E-state index contributed by atoms with van der Waals surface area (Å²) in [5.41, 5.74) is 7.06. The zero-order chi connectivity index (χ0) is 17.3. The van der Waals surface area contributed by atoms with E-state index in [2.05, 4.69) is 0 Å². The first-order valence-electron chi connectivity index (χ1n) is 7.06. The Morgan fingerprint density at radius 2 is 1.71 bits per heavy atom. The summed E-state index contributed by atoms with van der Waals surface area (Å²) in [6.45, 7) is 0. The molecule has 0 aliphatic rings. The molecule has 3 nitrogen and oxygen atoms in total. The van der Waals surface area contributed by atoms with Gasteiger partial charge in [-0.2, -0.15) is 18.4 Å². The van der Waals surface area contributed by atoms with Gasteiger partial charge >= 0.3 is 6.18 Å². The van der Waals surface area contributed by atoms with Crippen molar-refractivity contribution in [1.82, 2.24) is 4.57 Å². The fourth-order valence-electron chi connectivity index (χ4n) is 2.52. The van der Waals surface area contributed by atoms with Crippen LogP contribution in [0.4, 0.5) is 19.0 Å². The second kappa shape index (κ2) is 5.78. The highest BCUT2D eigenvalue weighted by Crippen LogP contribution is 2.34. The monoisotopic (exact) mass is 327 g/mol. The maximum absolute atomic E-state index is 12.9. The third-order valence-electron chi connectivity index (χ3n) is 3.69. The Balaban J connectivity index is 2.17. The highest BCUT2D eigenvalue weighted by molar-refractivity contribution is 5.77. The number of alkyl halides is 3. The van der Waals surface area contributed by atoms with Crippen LogP contribution in [0.2, 0.25) is 0 Å². The molecule has 0 aliphatic heterocycles. The lowest BCUT2D eigenvalue weighted by molar-refractivity contribution is -0.137. The minimum atomic E-state index is -4.45. The van der Waals surface area contributed by atoms with Gasteiger partial charge in [-0.3, -0.25) is 0 Å². The molecule has 1 heterocycles. The Kier molecular flexibility index (Phi) is 3.78. The summed E-state index contributed by atoms with van der Waals surface area (Å²) in [4.78, 5) is 0. The van der Waals surface area contributed by atoms with E-state index in [4.69, 9.17) is 5.73 Å². The molecule has 0 saturated heterocycles. The summed E-state index contributed by atoms with van der Waals surface area (Å²) >= 11 is 0. The second-order valence-electron chi connectivity index (χ2n) is 5.20. The Morgan fingerprint density at radius 3 is 2.33 bits per heavy atom. The Bertz CT molecular complexity index is 919. The third-order valence-corrected chi connectivity index (χ3v) is 3.69. The molecule has 6 heteroatoms. The van der Waals surface area contributed by atoms with E-state index >= 15 is 0 Å². The number of nitriles is 1. The van der Waals surface area contributed by atoms with E-state index in [1.807, 2.05) is 36.4 Å². The number of hydrogen-bond acceptors (Lipinski definition) is 2. The van der Waals surface area contributed by atoms with Crippen molar-refractivity contribution < 1.29 is 13.2 Å². The molecular formula is C18H12F3N3. The van der Waals surface area contributed by atoms with Gasteiger partial charge in [0.05, 0.1) is 5.56 Å². The molecule has 0 atom stereocenters. The van der Waals surface area contributed by atoms with E-state index in [0.29, 0.717) is 5.56 Å². The van der Waals surface area contributed by atoms with Crippen LogP contribution in [0.15, 0.2) is 60.8 Å². The van der Waals surface area contributed by atoms with Crippen LogP contribution < -0.4 is 5.73 Å². The first-order valence-corrected chi connectivity index (χ1v) is 7.06. The van der Waals surface area contributed by atoms with Gasteiger partial charge in [-0.15, -0.1) is 0 Å². The Hall–Kier alpha value is -3.20. The number of anilines is 1. The molecule has 3 rings (SSSR count). The van der Waals surface area contributed by atoms with Crippen LogP contribution in [-0.2, 0) is 6.18 Å². The van der Waals surface area contributed by atoms with Gasteiger partial charge in [-0.1, -0.05) is 36.4 Å². The van der Waals surface area contributed by atoms with E-state index in [0.717, 1.165) is 17.7 Å². The molecule has 0 aliphatic carbocycles. The highest BCUT2D eigenvalue weighted by Gasteiger charge is 2.30. The fourth-order valence-corrected chi connectivity index (χ4v) is 2.52. The molecule has 0 radical (unpaired) electrons. The molecule has 0 saturated carbocycles. The van der Waals surface area contributed by atoms with Gasteiger partial charge in [0.15, 0.2) is 0 Å². The lowest BCUT2D eigenvalue weighted by Crippen LogP contribution is -2.06. The van der Waals surface area contributed by atoms with Crippen molar-refractivity contribution in [3.63, 3.8) is 0 Å². The van der Waals surface area contributed by atoms with Crippen LogP contribution >= 0.6 is 0 Å². The average Bonchev–Trinajstić information content (AvgIpc) is 2.91. The number of nitrogens with two attached hydrogens (primary N) is 1. The number of aromatic nitrogens is 1.